The lowest BCUT2D eigenvalue weighted by Gasteiger charge is -2.06. The smallest absolute Gasteiger partial charge is 0.305 e. The molecular weight excluding hydrogens is 418 g/mol. The molecule has 0 amide bonds. The number of carbonyl (C=O) groups is 1. The zero-order valence-electron chi connectivity index (χ0n) is 15.6. The predicted molar refractivity (Wildman–Crippen MR) is 113 cm³/mol. The van der Waals surface area contributed by atoms with E-state index in [9.17, 15) is 4.79 Å². The van der Waals surface area contributed by atoms with Crippen LogP contribution in [0.4, 0.5) is 0 Å². The highest BCUT2D eigenvalue weighted by atomic mass is 79.9. The van der Waals surface area contributed by atoms with Crippen LogP contribution in [-0.4, -0.2) is 24.2 Å². The normalized spacial score (nSPS) is 10.2. The van der Waals surface area contributed by atoms with Gasteiger partial charge in [0, 0.05) is 21.8 Å². The van der Waals surface area contributed by atoms with E-state index in [1.165, 1.54) is 0 Å². The van der Waals surface area contributed by atoms with Crippen molar-refractivity contribution in [1.82, 2.24) is 4.98 Å². The third kappa shape index (κ3) is 5.83. The van der Waals surface area contributed by atoms with Crippen LogP contribution in [0.3, 0.4) is 0 Å². The number of aromatic nitrogens is 1. The second kappa shape index (κ2) is 9.91. The molecule has 0 aliphatic heterocycles. The number of hydrogen-bond donors (Lipinski definition) is 0. The molecule has 0 unspecified atom stereocenters. The standard InChI is InChI=1S/C23H20BrNO3/c1-2-27-23(26)7-4-14-28-21-6-3-5-17(15-21)8-12-20-13-10-18-9-11-19(24)16-22(18)25-20/h3,5-6,9-11,13,15-16H,2,4,7,14H2,1H3. The molecule has 2 aromatic carbocycles. The Morgan fingerprint density at radius 1 is 1.11 bits per heavy atom. The molecule has 1 heterocycles. The number of ether oxygens (including phenoxy) is 2. The molecule has 0 radical (unpaired) electrons. The molecule has 5 heteroatoms. The van der Waals surface area contributed by atoms with Crippen LogP contribution >= 0.6 is 15.9 Å². The summed E-state index contributed by atoms with van der Waals surface area (Å²) >= 11 is 3.47. The number of fused-ring (bicyclic) bond motifs is 1. The van der Waals surface area contributed by atoms with Gasteiger partial charge in [0.1, 0.15) is 11.4 Å². The fraction of sp³-hybridized carbons (Fsp3) is 0.217. The molecule has 0 N–H and O–H groups in total. The molecule has 4 nitrogen and oxygen atoms in total. The number of nitrogens with zero attached hydrogens (tertiary/aromatic N) is 1. The summed E-state index contributed by atoms with van der Waals surface area (Å²) in [6.45, 7) is 2.66. The van der Waals surface area contributed by atoms with Gasteiger partial charge >= 0.3 is 5.97 Å². The number of carbonyl (C=O) groups excluding carboxylic acids is 1. The van der Waals surface area contributed by atoms with Crippen LogP contribution in [0.15, 0.2) is 59.1 Å². The van der Waals surface area contributed by atoms with E-state index >= 15 is 0 Å². The van der Waals surface area contributed by atoms with Gasteiger partial charge in [-0.05, 0) is 55.7 Å². The average Bonchev–Trinajstić information content (AvgIpc) is 2.70. The van der Waals surface area contributed by atoms with Gasteiger partial charge in [-0.2, -0.15) is 0 Å². The number of esters is 1. The van der Waals surface area contributed by atoms with Gasteiger partial charge in [-0.25, -0.2) is 4.98 Å². The number of rotatable bonds is 6. The summed E-state index contributed by atoms with van der Waals surface area (Å²) in [7, 11) is 0. The van der Waals surface area contributed by atoms with Gasteiger partial charge in [-0.1, -0.05) is 40.0 Å². The van der Waals surface area contributed by atoms with E-state index in [-0.39, 0.29) is 5.97 Å². The van der Waals surface area contributed by atoms with Crippen LogP contribution in [0.25, 0.3) is 10.9 Å². The first-order valence-corrected chi connectivity index (χ1v) is 9.90. The molecular formula is C23H20BrNO3. The molecule has 1 aromatic heterocycles. The van der Waals surface area contributed by atoms with Crippen molar-refractivity contribution in [2.24, 2.45) is 0 Å². The molecule has 142 valence electrons. The van der Waals surface area contributed by atoms with Crippen LogP contribution in [0, 0.1) is 11.8 Å². The maximum Gasteiger partial charge on any atom is 0.305 e. The van der Waals surface area contributed by atoms with Crippen LogP contribution in [-0.2, 0) is 9.53 Å². The largest absolute Gasteiger partial charge is 0.494 e. The van der Waals surface area contributed by atoms with E-state index in [1.807, 2.05) is 54.6 Å². The lowest BCUT2D eigenvalue weighted by atomic mass is 10.2. The second-order valence-corrected chi connectivity index (χ2v) is 6.98. The van der Waals surface area contributed by atoms with Crippen molar-refractivity contribution in [2.45, 2.75) is 19.8 Å². The van der Waals surface area contributed by atoms with Crippen molar-refractivity contribution in [3.8, 4) is 17.6 Å². The van der Waals surface area contributed by atoms with Crippen LogP contribution in [0.5, 0.6) is 5.75 Å². The molecule has 3 aromatic rings. The van der Waals surface area contributed by atoms with Gasteiger partial charge in [0.15, 0.2) is 0 Å². The van der Waals surface area contributed by atoms with E-state index in [2.05, 4.69) is 32.8 Å². The van der Waals surface area contributed by atoms with Crippen LogP contribution in [0.1, 0.15) is 31.0 Å². The first-order chi connectivity index (χ1) is 13.6. The third-order valence-electron chi connectivity index (χ3n) is 3.92. The van der Waals surface area contributed by atoms with Crippen LogP contribution < -0.4 is 4.74 Å². The number of hydrogen-bond acceptors (Lipinski definition) is 4. The SMILES string of the molecule is CCOC(=O)CCCOc1cccc(C#Cc2ccc3ccc(Br)cc3n2)c1. The van der Waals surface area contributed by atoms with Crippen molar-refractivity contribution in [2.75, 3.05) is 13.2 Å². The maximum absolute atomic E-state index is 11.3. The molecule has 0 spiro atoms. The molecule has 0 bridgehead atoms. The van der Waals surface area contributed by atoms with Crippen molar-refractivity contribution < 1.29 is 14.3 Å². The van der Waals surface area contributed by atoms with Crippen molar-refractivity contribution in [3.63, 3.8) is 0 Å². The maximum atomic E-state index is 11.3. The van der Waals surface area contributed by atoms with Gasteiger partial charge in [-0.3, -0.25) is 4.79 Å². The summed E-state index contributed by atoms with van der Waals surface area (Å²) in [5, 5.41) is 1.08. The van der Waals surface area contributed by atoms with Gasteiger partial charge in [0.2, 0.25) is 0 Å². The Morgan fingerprint density at radius 2 is 1.96 bits per heavy atom. The lowest BCUT2D eigenvalue weighted by molar-refractivity contribution is -0.143. The fourth-order valence-corrected chi connectivity index (χ4v) is 2.95. The number of halogens is 1. The average molecular weight is 438 g/mol. The first-order valence-electron chi connectivity index (χ1n) is 9.11. The Bertz CT molecular complexity index is 1040. The Balaban J connectivity index is 1.63. The van der Waals surface area contributed by atoms with Crippen LogP contribution in [0.2, 0.25) is 0 Å². The van der Waals surface area contributed by atoms with E-state index in [1.54, 1.807) is 6.92 Å². The summed E-state index contributed by atoms with van der Waals surface area (Å²) in [6.07, 6.45) is 0.975. The van der Waals surface area contributed by atoms with Gasteiger partial charge < -0.3 is 9.47 Å². The van der Waals surface area contributed by atoms with E-state index in [0.29, 0.717) is 31.7 Å². The van der Waals surface area contributed by atoms with Crippen molar-refractivity contribution in [1.29, 1.82) is 0 Å². The quantitative estimate of drug-likeness (QED) is 0.305. The number of benzene rings is 2. The molecule has 0 aliphatic rings. The Kier molecular flexibility index (Phi) is 7.05. The fourth-order valence-electron chi connectivity index (χ4n) is 2.60. The van der Waals surface area contributed by atoms with Gasteiger partial charge in [0.05, 0.1) is 18.7 Å². The minimum absolute atomic E-state index is 0.194. The topological polar surface area (TPSA) is 48.4 Å². The highest BCUT2D eigenvalue weighted by molar-refractivity contribution is 9.10. The van der Waals surface area contributed by atoms with Crippen molar-refractivity contribution in [3.05, 3.63) is 70.3 Å². The Hall–Kier alpha value is -2.84. The van der Waals surface area contributed by atoms with Gasteiger partial charge in [-0.15, -0.1) is 0 Å². The summed E-state index contributed by atoms with van der Waals surface area (Å²) in [5.41, 5.74) is 2.46. The number of pyridine rings is 1. The molecule has 0 atom stereocenters. The van der Waals surface area contributed by atoms with Crippen molar-refractivity contribution >= 4 is 32.8 Å². The highest BCUT2D eigenvalue weighted by Gasteiger charge is 2.02. The minimum atomic E-state index is -0.194. The minimum Gasteiger partial charge on any atom is -0.494 e. The first kappa shape index (κ1) is 19.9. The summed E-state index contributed by atoms with van der Waals surface area (Å²) in [5.74, 6) is 6.76. The molecule has 3 rings (SSSR count). The molecule has 0 saturated carbocycles. The summed E-state index contributed by atoms with van der Waals surface area (Å²) < 4.78 is 11.6. The Morgan fingerprint density at radius 3 is 2.82 bits per heavy atom. The summed E-state index contributed by atoms with van der Waals surface area (Å²) in [6, 6.07) is 17.5. The van der Waals surface area contributed by atoms with E-state index < -0.39 is 0 Å². The highest BCUT2D eigenvalue weighted by Crippen LogP contribution is 2.18. The third-order valence-corrected chi connectivity index (χ3v) is 4.42. The predicted octanol–water partition coefficient (Wildman–Crippen LogP) is 5.12. The van der Waals surface area contributed by atoms with E-state index in [4.69, 9.17) is 9.47 Å². The molecule has 0 aliphatic carbocycles. The molecule has 28 heavy (non-hydrogen) atoms. The molecule has 0 fully saturated rings. The van der Waals surface area contributed by atoms with Gasteiger partial charge in [0.25, 0.3) is 0 Å². The zero-order chi connectivity index (χ0) is 19.8. The summed E-state index contributed by atoms with van der Waals surface area (Å²) in [4.78, 5) is 15.9. The lowest BCUT2D eigenvalue weighted by Crippen LogP contribution is -2.06. The Labute approximate surface area is 173 Å². The van der Waals surface area contributed by atoms with E-state index in [0.717, 1.165) is 26.7 Å². The zero-order valence-corrected chi connectivity index (χ0v) is 17.2. The molecule has 0 saturated heterocycles. The second-order valence-electron chi connectivity index (χ2n) is 6.07. The monoisotopic (exact) mass is 437 g/mol.